The van der Waals surface area contributed by atoms with Crippen LogP contribution >= 0.6 is 11.3 Å². The quantitative estimate of drug-likeness (QED) is 0.306. The van der Waals surface area contributed by atoms with Gasteiger partial charge in [-0.1, -0.05) is 36.1 Å². The van der Waals surface area contributed by atoms with E-state index in [0.29, 0.717) is 43.6 Å². The topological polar surface area (TPSA) is 97.6 Å². The molecule has 9 nitrogen and oxygen atoms in total. The lowest BCUT2D eigenvalue weighted by Gasteiger charge is -2.25. The number of carbonyl (C=O) groups is 1. The number of nitrogens with zero attached hydrogens (tertiary/aromatic N) is 2. The van der Waals surface area contributed by atoms with Crippen LogP contribution in [0, 0.1) is 0 Å². The zero-order chi connectivity index (χ0) is 27.4. The minimum Gasteiger partial charge on any atom is -0.493 e. The van der Waals surface area contributed by atoms with E-state index in [1.165, 1.54) is 36.2 Å². The van der Waals surface area contributed by atoms with Crippen molar-refractivity contribution in [2.24, 2.45) is 4.99 Å². The first-order valence-corrected chi connectivity index (χ1v) is 12.4. The molecule has 1 aromatic heterocycles. The Morgan fingerprint density at radius 3 is 2.26 bits per heavy atom. The van der Waals surface area contributed by atoms with Gasteiger partial charge in [-0.3, -0.25) is 9.36 Å². The molecule has 1 aliphatic heterocycles. The minimum atomic E-state index is -0.795. The maximum absolute atomic E-state index is 13.8. The molecule has 38 heavy (non-hydrogen) atoms. The van der Waals surface area contributed by atoms with Gasteiger partial charge in [0.15, 0.2) is 27.8 Å². The fraction of sp³-hybridized carbons (Fsp3) is 0.250. The van der Waals surface area contributed by atoms with Crippen molar-refractivity contribution in [1.82, 2.24) is 4.57 Å². The van der Waals surface area contributed by atoms with Gasteiger partial charge < -0.3 is 23.7 Å². The number of carbonyl (C=O) groups excluding carboxylic acids is 1. The van der Waals surface area contributed by atoms with Crippen molar-refractivity contribution in [2.45, 2.75) is 13.0 Å². The predicted molar refractivity (Wildman–Crippen MR) is 144 cm³/mol. The zero-order valence-corrected chi connectivity index (χ0v) is 22.6. The van der Waals surface area contributed by atoms with Gasteiger partial charge in [0, 0.05) is 0 Å². The van der Waals surface area contributed by atoms with Gasteiger partial charge in [0.25, 0.3) is 5.56 Å². The molecule has 0 radical (unpaired) electrons. The fourth-order valence-electron chi connectivity index (χ4n) is 4.23. The first-order valence-electron chi connectivity index (χ1n) is 11.6. The van der Waals surface area contributed by atoms with Gasteiger partial charge in [0.1, 0.15) is 6.61 Å². The first-order chi connectivity index (χ1) is 18.4. The lowest BCUT2D eigenvalue weighted by atomic mass is 9.95. The van der Waals surface area contributed by atoms with Gasteiger partial charge in [0.2, 0.25) is 0 Å². The molecule has 0 fully saturated rings. The van der Waals surface area contributed by atoms with E-state index < -0.39 is 12.0 Å². The van der Waals surface area contributed by atoms with Crippen LogP contribution in [-0.4, -0.2) is 45.6 Å². The smallest absolute Gasteiger partial charge is 0.338 e. The highest BCUT2D eigenvalue weighted by atomic mass is 32.1. The van der Waals surface area contributed by atoms with Crippen LogP contribution < -0.4 is 33.8 Å². The van der Waals surface area contributed by atoms with Crippen LogP contribution in [-0.2, 0) is 9.53 Å². The van der Waals surface area contributed by atoms with Gasteiger partial charge in [-0.15, -0.1) is 0 Å². The lowest BCUT2D eigenvalue weighted by molar-refractivity contribution is -0.138. The number of thiazole rings is 1. The van der Waals surface area contributed by atoms with Crippen molar-refractivity contribution in [3.8, 4) is 23.0 Å². The van der Waals surface area contributed by atoms with E-state index >= 15 is 0 Å². The SMILES string of the molecule is C=CCOC(=O)C1=C(C)N=c2sc(=Cc3ccc(OC)c(OC)c3)c(=O)n2C1c1ccc(OC)c(OC)c1. The summed E-state index contributed by atoms with van der Waals surface area (Å²) in [6.07, 6.45) is 3.24. The third-order valence-corrected chi connectivity index (χ3v) is 6.99. The Morgan fingerprint density at radius 1 is 1.00 bits per heavy atom. The van der Waals surface area contributed by atoms with Crippen LogP contribution in [0.3, 0.4) is 0 Å². The first kappa shape index (κ1) is 26.7. The standard InChI is InChI=1S/C28H28N2O7S/c1-7-12-37-27(32)24-16(2)29-28-30(25(24)18-9-11-20(34-4)22(15-18)36-6)26(31)23(38-28)14-17-8-10-19(33-3)21(13-17)35-5/h7-11,13-15,25H,1,12H2,2-6H3. The maximum Gasteiger partial charge on any atom is 0.338 e. The summed E-state index contributed by atoms with van der Waals surface area (Å²) in [6.45, 7) is 5.36. The van der Waals surface area contributed by atoms with E-state index in [2.05, 4.69) is 11.6 Å². The number of allylic oxidation sites excluding steroid dienone is 1. The Hall–Kier alpha value is -4.31. The molecular formula is C28H28N2O7S. The molecule has 0 aliphatic carbocycles. The second-order valence-electron chi connectivity index (χ2n) is 8.20. The highest BCUT2D eigenvalue weighted by Crippen LogP contribution is 2.36. The van der Waals surface area contributed by atoms with Crippen LogP contribution in [0.4, 0.5) is 0 Å². The maximum atomic E-state index is 13.8. The summed E-state index contributed by atoms with van der Waals surface area (Å²) in [5.41, 5.74) is 1.80. The minimum absolute atomic E-state index is 0.0258. The third-order valence-electron chi connectivity index (χ3n) is 6.00. The molecule has 0 bridgehead atoms. The summed E-state index contributed by atoms with van der Waals surface area (Å²) in [4.78, 5) is 32.1. The van der Waals surface area contributed by atoms with Crippen molar-refractivity contribution >= 4 is 23.4 Å². The zero-order valence-electron chi connectivity index (χ0n) is 21.8. The van der Waals surface area contributed by atoms with Gasteiger partial charge in [0.05, 0.1) is 50.3 Å². The monoisotopic (exact) mass is 536 g/mol. The number of rotatable bonds is 9. The second-order valence-corrected chi connectivity index (χ2v) is 9.21. The van der Waals surface area contributed by atoms with E-state index in [4.69, 9.17) is 23.7 Å². The molecule has 1 unspecified atom stereocenters. The lowest BCUT2D eigenvalue weighted by Crippen LogP contribution is -2.40. The molecule has 10 heteroatoms. The molecule has 2 aromatic carbocycles. The molecule has 2 heterocycles. The molecule has 1 atom stereocenters. The normalized spacial score (nSPS) is 14.9. The van der Waals surface area contributed by atoms with E-state index in [-0.39, 0.29) is 17.7 Å². The number of esters is 1. The van der Waals surface area contributed by atoms with Gasteiger partial charge in [-0.25, -0.2) is 9.79 Å². The summed E-state index contributed by atoms with van der Waals surface area (Å²) in [5, 5.41) is 0. The van der Waals surface area contributed by atoms with Gasteiger partial charge in [-0.05, 0) is 48.4 Å². The fourth-order valence-corrected chi connectivity index (χ4v) is 5.27. The van der Waals surface area contributed by atoms with E-state index in [9.17, 15) is 9.59 Å². The Kier molecular flexibility index (Phi) is 8.02. The number of benzene rings is 2. The Labute approximate surface area is 223 Å². The molecule has 0 N–H and O–H groups in total. The summed E-state index contributed by atoms with van der Waals surface area (Å²) in [5.74, 6) is 1.53. The van der Waals surface area contributed by atoms with Crippen molar-refractivity contribution in [2.75, 3.05) is 35.0 Å². The van der Waals surface area contributed by atoms with E-state index in [0.717, 1.165) is 5.56 Å². The average Bonchev–Trinajstić information content (AvgIpc) is 3.24. The highest BCUT2D eigenvalue weighted by Gasteiger charge is 2.34. The molecule has 0 saturated carbocycles. The Bertz CT molecular complexity index is 1600. The number of methoxy groups -OCH3 is 4. The summed E-state index contributed by atoms with van der Waals surface area (Å²) >= 11 is 1.23. The van der Waals surface area contributed by atoms with Crippen LogP contribution in [0.2, 0.25) is 0 Å². The Morgan fingerprint density at radius 2 is 1.63 bits per heavy atom. The molecule has 198 valence electrons. The summed E-state index contributed by atoms with van der Waals surface area (Å²) < 4.78 is 28.9. The average molecular weight is 537 g/mol. The highest BCUT2D eigenvalue weighted by molar-refractivity contribution is 7.07. The largest absolute Gasteiger partial charge is 0.493 e. The number of hydrogen-bond donors (Lipinski definition) is 0. The van der Waals surface area contributed by atoms with Crippen molar-refractivity contribution in [3.63, 3.8) is 0 Å². The van der Waals surface area contributed by atoms with Crippen LogP contribution in [0.1, 0.15) is 24.1 Å². The number of fused-ring (bicyclic) bond motifs is 1. The summed E-state index contributed by atoms with van der Waals surface area (Å²) in [7, 11) is 6.17. The second kappa shape index (κ2) is 11.4. The molecular weight excluding hydrogens is 508 g/mol. The van der Waals surface area contributed by atoms with Crippen molar-refractivity contribution in [3.05, 3.63) is 91.1 Å². The molecule has 0 amide bonds. The van der Waals surface area contributed by atoms with Crippen LogP contribution in [0.15, 0.2) is 70.1 Å². The van der Waals surface area contributed by atoms with Gasteiger partial charge in [-0.2, -0.15) is 0 Å². The number of ether oxygens (including phenoxy) is 5. The van der Waals surface area contributed by atoms with Crippen LogP contribution in [0.25, 0.3) is 6.08 Å². The number of hydrogen-bond acceptors (Lipinski definition) is 9. The molecule has 0 saturated heterocycles. The van der Waals surface area contributed by atoms with Crippen molar-refractivity contribution < 1.29 is 28.5 Å². The van der Waals surface area contributed by atoms with Gasteiger partial charge >= 0.3 is 5.97 Å². The van der Waals surface area contributed by atoms with E-state index in [1.54, 1.807) is 57.6 Å². The number of aromatic nitrogens is 1. The van der Waals surface area contributed by atoms with E-state index in [1.807, 2.05) is 6.07 Å². The molecule has 4 rings (SSSR count). The summed E-state index contributed by atoms with van der Waals surface area (Å²) in [6, 6.07) is 9.85. The molecule has 0 spiro atoms. The third kappa shape index (κ3) is 4.95. The molecule has 1 aliphatic rings. The Balaban J connectivity index is 1.94. The van der Waals surface area contributed by atoms with Crippen LogP contribution in [0.5, 0.6) is 23.0 Å². The van der Waals surface area contributed by atoms with Crippen molar-refractivity contribution in [1.29, 1.82) is 0 Å². The molecule has 3 aromatic rings. The predicted octanol–water partition coefficient (Wildman–Crippen LogP) is 3.00.